The van der Waals surface area contributed by atoms with Crippen LogP contribution in [-0.2, 0) is 53.8 Å². The van der Waals surface area contributed by atoms with Crippen molar-refractivity contribution < 1.29 is 53.8 Å². The van der Waals surface area contributed by atoms with Gasteiger partial charge in [-0.25, -0.2) is 0 Å². The van der Waals surface area contributed by atoms with Crippen molar-refractivity contribution in [1.29, 1.82) is 0 Å². The second-order valence-corrected chi connectivity index (χ2v) is 2.37. The molecule has 0 aliphatic heterocycles. The molecule has 1 rings (SSSR count). The average Bonchev–Trinajstić information content (AvgIpc) is 2.10. The van der Waals surface area contributed by atoms with Crippen molar-refractivity contribution in [3.63, 3.8) is 0 Å². The van der Waals surface area contributed by atoms with E-state index < -0.39 is 0 Å². The predicted molar refractivity (Wildman–Crippen MR) is 57.9 cm³/mol. The largest absolute Gasteiger partial charge is 0.358 e. The van der Waals surface area contributed by atoms with Crippen molar-refractivity contribution in [3.8, 4) is 0 Å². The van der Waals surface area contributed by atoms with Crippen molar-refractivity contribution in [3.05, 3.63) is 49.2 Å². The van der Waals surface area contributed by atoms with Crippen molar-refractivity contribution in [1.82, 2.24) is 0 Å². The summed E-state index contributed by atoms with van der Waals surface area (Å²) >= 11 is 0. The Bertz CT molecular complexity index is 173. The van der Waals surface area contributed by atoms with Crippen LogP contribution in [0, 0.1) is 13.3 Å². The summed E-state index contributed by atoms with van der Waals surface area (Å²) in [6.45, 7) is 8.24. The molecule has 0 atom stereocenters. The third kappa shape index (κ3) is 11.0. The molecule has 2 heteroatoms. The van der Waals surface area contributed by atoms with Crippen LogP contribution in [0.5, 0.6) is 0 Å². The van der Waals surface area contributed by atoms with E-state index in [4.69, 9.17) is 0 Å². The second kappa shape index (κ2) is 16.3. The van der Waals surface area contributed by atoms with Crippen LogP contribution >= 0.6 is 0 Å². The molecule has 14 heavy (non-hydrogen) atoms. The predicted octanol–water partition coefficient (Wildman–Crippen LogP) is 4.12. The van der Waals surface area contributed by atoms with E-state index in [1.165, 1.54) is 11.5 Å². The quantitative estimate of drug-likeness (QED) is 0.581. The van der Waals surface area contributed by atoms with Gasteiger partial charge in [0.1, 0.15) is 0 Å². The molecule has 0 nitrogen and oxygen atoms in total. The van der Waals surface area contributed by atoms with Gasteiger partial charge in [-0.2, -0.15) is 23.6 Å². The van der Waals surface area contributed by atoms with Crippen LogP contribution in [0.15, 0.2) is 30.3 Å². The van der Waals surface area contributed by atoms with Crippen LogP contribution in [0.4, 0.5) is 0 Å². The summed E-state index contributed by atoms with van der Waals surface area (Å²) in [7, 11) is 0. The van der Waals surface area contributed by atoms with Gasteiger partial charge < -0.3 is 7.43 Å². The molecule has 1 aromatic rings. The molecule has 0 amide bonds. The third-order valence-corrected chi connectivity index (χ3v) is 1.35. The number of hydrogen-bond donors (Lipinski definition) is 0. The van der Waals surface area contributed by atoms with Crippen LogP contribution < -0.4 is 0 Å². The van der Waals surface area contributed by atoms with Crippen LogP contribution in [0.3, 0.4) is 0 Å². The summed E-state index contributed by atoms with van der Waals surface area (Å²) < 4.78 is 0. The minimum atomic E-state index is 0. The van der Waals surface area contributed by atoms with Gasteiger partial charge in [-0.15, -0.1) is 12.1 Å². The third-order valence-electron chi connectivity index (χ3n) is 1.35. The van der Waals surface area contributed by atoms with E-state index in [-0.39, 0.29) is 61.2 Å². The van der Waals surface area contributed by atoms with E-state index in [2.05, 4.69) is 38.1 Å². The zero-order chi connectivity index (χ0) is 8.69. The molecule has 0 N–H and O–H groups in total. The fourth-order valence-electron chi connectivity index (χ4n) is 0.771. The van der Waals surface area contributed by atoms with Crippen LogP contribution in [-0.4, -0.2) is 0 Å². The van der Waals surface area contributed by atoms with Gasteiger partial charge >= 0.3 is 0 Å². The van der Waals surface area contributed by atoms with E-state index in [1.807, 2.05) is 19.9 Å². The normalized spacial score (nSPS) is 6.29. The van der Waals surface area contributed by atoms with Gasteiger partial charge in [0.05, 0.1) is 0 Å². The Labute approximate surface area is 129 Å². The van der Waals surface area contributed by atoms with Crippen LogP contribution in [0.25, 0.3) is 0 Å². The van der Waals surface area contributed by atoms with Crippen molar-refractivity contribution >= 4 is 0 Å². The topological polar surface area (TPSA) is 0 Å². The summed E-state index contributed by atoms with van der Waals surface area (Å²) in [6.07, 6.45) is 0. The second-order valence-electron chi connectivity index (χ2n) is 2.37. The fourth-order valence-corrected chi connectivity index (χ4v) is 0.771. The number of benzene rings is 1. The molecule has 0 aliphatic rings. The Kier molecular flexibility index (Phi) is 28.2. The van der Waals surface area contributed by atoms with Gasteiger partial charge in [-0.1, -0.05) is 33.8 Å². The summed E-state index contributed by atoms with van der Waals surface area (Å²) in [5, 5.41) is 0. The monoisotopic (exact) mass is 437 g/mol. The van der Waals surface area contributed by atoms with Gasteiger partial charge in [0.2, 0.25) is 0 Å². The van der Waals surface area contributed by atoms with Crippen LogP contribution in [0.2, 0.25) is 0 Å². The zero-order valence-corrected chi connectivity index (χ0v) is 15.6. The molecule has 0 aromatic heterocycles. The smallest absolute Gasteiger partial charge is 0 e. The zero-order valence-electron chi connectivity index (χ0n) is 9.87. The Morgan fingerprint density at radius 1 is 0.929 bits per heavy atom. The Morgan fingerprint density at radius 2 is 1.29 bits per heavy atom. The van der Waals surface area contributed by atoms with Crippen molar-refractivity contribution in [2.24, 2.45) is 0 Å². The molecule has 0 fully saturated rings. The Morgan fingerprint density at radius 3 is 1.50 bits per heavy atom. The molecular formula is C12H20WY-2. The maximum Gasteiger partial charge on any atom is 0 e. The molecule has 0 spiro atoms. The molecule has 0 bridgehead atoms. The first-order valence-electron chi connectivity index (χ1n) is 4.16. The number of rotatable bonds is 1. The van der Waals surface area contributed by atoms with E-state index >= 15 is 0 Å². The first-order chi connectivity index (χ1) is 5.30. The Balaban J connectivity index is -0.0000000942. The Hall–Kier alpha value is 0.882. The summed E-state index contributed by atoms with van der Waals surface area (Å²) in [4.78, 5) is 0. The minimum absolute atomic E-state index is 0. The average molecular weight is 437 g/mol. The van der Waals surface area contributed by atoms with E-state index in [0.717, 1.165) is 0 Å². The molecule has 0 unspecified atom stereocenters. The minimum Gasteiger partial charge on any atom is -0.358 e. The molecule has 0 aliphatic carbocycles. The molecular weight excluding hydrogens is 417 g/mol. The standard InChI is InChI=1S/C9H11.C2H6.CH3.W.Y/c1-8(2)9-6-4-3-5-7-9;1-2;;;/h3-7H,1-2H3;1-2H3;1H3;;/q-1;;-1;;. The fraction of sp³-hybridized carbons (Fsp3) is 0.333. The number of hydrogen-bond acceptors (Lipinski definition) is 0. The molecule has 1 radical (unpaired) electrons. The van der Waals surface area contributed by atoms with Gasteiger partial charge in [0.15, 0.2) is 0 Å². The van der Waals surface area contributed by atoms with Crippen molar-refractivity contribution in [2.75, 3.05) is 0 Å². The van der Waals surface area contributed by atoms with Crippen LogP contribution in [0.1, 0.15) is 33.3 Å². The van der Waals surface area contributed by atoms with Gasteiger partial charge in [0.25, 0.3) is 0 Å². The first kappa shape index (κ1) is 24.2. The summed E-state index contributed by atoms with van der Waals surface area (Å²) in [5.41, 5.74) is 1.33. The molecule has 1 aromatic carbocycles. The van der Waals surface area contributed by atoms with E-state index in [0.29, 0.717) is 0 Å². The SMILES string of the molecule is CC.C[C-](C)c1ccccc1.[CH3-].[W].[Y]. The summed E-state index contributed by atoms with van der Waals surface area (Å²) in [5.74, 6) is 1.37. The maximum absolute atomic E-state index is 2.12. The van der Waals surface area contributed by atoms with E-state index in [1.54, 1.807) is 0 Å². The van der Waals surface area contributed by atoms with E-state index in [9.17, 15) is 0 Å². The molecule has 0 heterocycles. The van der Waals surface area contributed by atoms with Gasteiger partial charge in [-0.05, 0) is 0 Å². The first-order valence-corrected chi connectivity index (χ1v) is 4.16. The molecule has 0 saturated carbocycles. The molecule has 0 saturated heterocycles. The molecule has 79 valence electrons. The van der Waals surface area contributed by atoms with Crippen molar-refractivity contribution in [2.45, 2.75) is 27.7 Å². The van der Waals surface area contributed by atoms with Gasteiger partial charge in [-0.3, -0.25) is 0 Å². The maximum atomic E-state index is 2.12. The summed E-state index contributed by atoms with van der Waals surface area (Å²) in [6, 6.07) is 10.4. The van der Waals surface area contributed by atoms with Gasteiger partial charge in [0, 0.05) is 53.8 Å².